The summed E-state index contributed by atoms with van der Waals surface area (Å²) in [5.41, 5.74) is 1.34. The largest absolute Gasteiger partial charge is 0.489 e. The minimum absolute atomic E-state index is 0.705. The molecule has 0 saturated heterocycles. The van der Waals surface area contributed by atoms with Gasteiger partial charge >= 0.3 is 0 Å². The Hall–Kier alpha value is -1.50. The van der Waals surface area contributed by atoms with Gasteiger partial charge in [-0.2, -0.15) is 0 Å². The Bertz CT molecular complexity index is 322. The molecular weight excluding hydrogens is 160 g/mol. The fraction of sp³-hybridized carbons (Fsp3) is 0.167. The van der Waals surface area contributed by atoms with Crippen molar-refractivity contribution in [2.45, 2.75) is 6.42 Å². The molecule has 0 radical (unpaired) electrons. The highest BCUT2D eigenvalue weighted by Crippen LogP contribution is 2.14. The maximum Gasteiger partial charge on any atom is 0.119 e. The molecule has 1 heteroatoms. The number of allylic oxidation sites excluding steroid dienone is 3. The molecule has 0 unspecified atom stereocenters. The highest BCUT2D eigenvalue weighted by Gasteiger charge is 1.99. The smallest absolute Gasteiger partial charge is 0.119 e. The number of hydrogen-bond acceptors (Lipinski definition) is 1. The molecule has 0 saturated carbocycles. The fourth-order valence-corrected chi connectivity index (χ4v) is 1.29. The van der Waals surface area contributed by atoms with Gasteiger partial charge in [0.2, 0.25) is 0 Å². The molecule has 0 N–H and O–H groups in total. The van der Waals surface area contributed by atoms with E-state index in [9.17, 15) is 0 Å². The van der Waals surface area contributed by atoms with E-state index in [2.05, 4.69) is 18.2 Å². The van der Waals surface area contributed by atoms with Crippen LogP contribution in [0.2, 0.25) is 0 Å². The van der Waals surface area contributed by atoms with Crippen LogP contribution in [0.5, 0.6) is 5.75 Å². The molecule has 2 rings (SSSR count). The molecule has 66 valence electrons. The summed E-state index contributed by atoms with van der Waals surface area (Å²) in [6.07, 6.45) is 7.36. The van der Waals surface area contributed by atoms with Crippen LogP contribution in [0.3, 0.4) is 0 Å². The van der Waals surface area contributed by atoms with Gasteiger partial charge in [-0.25, -0.2) is 0 Å². The van der Waals surface area contributed by atoms with Crippen molar-refractivity contribution in [3.05, 3.63) is 54.1 Å². The van der Waals surface area contributed by atoms with Crippen molar-refractivity contribution in [1.82, 2.24) is 0 Å². The second-order valence-electron chi connectivity index (χ2n) is 3.06. The molecule has 0 bridgehead atoms. The van der Waals surface area contributed by atoms with Crippen molar-refractivity contribution in [3.8, 4) is 5.75 Å². The first-order chi connectivity index (χ1) is 6.45. The lowest BCUT2D eigenvalue weighted by Crippen LogP contribution is -1.98. The molecule has 1 aliphatic rings. The summed E-state index contributed by atoms with van der Waals surface area (Å²) in [6.45, 7) is 0.705. The maximum absolute atomic E-state index is 5.58. The molecule has 0 aliphatic heterocycles. The Morgan fingerprint density at radius 3 is 2.69 bits per heavy atom. The SMILES string of the molecule is C1=CCC(COc2ccccc2)=C1. The number of benzene rings is 1. The average molecular weight is 172 g/mol. The van der Waals surface area contributed by atoms with Gasteiger partial charge in [-0.15, -0.1) is 0 Å². The zero-order valence-electron chi connectivity index (χ0n) is 7.44. The quantitative estimate of drug-likeness (QED) is 0.681. The molecule has 1 aromatic carbocycles. The van der Waals surface area contributed by atoms with Crippen LogP contribution >= 0.6 is 0 Å². The Morgan fingerprint density at radius 1 is 1.15 bits per heavy atom. The zero-order chi connectivity index (χ0) is 8.93. The predicted octanol–water partition coefficient (Wildman–Crippen LogP) is 2.95. The van der Waals surface area contributed by atoms with E-state index in [4.69, 9.17) is 4.74 Å². The maximum atomic E-state index is 5.58. The van der Waals surface area contributed by atoms with E-state index in [0.717, 1.165) is 12.2 Å². The molecule has 1 aliphatic carbocycles. The molecule has 1 nitrogen and oxygen atoms in total. The van der Waals surface area contributed by atoms with E-state index >= 15 is 0 Å². The van der Waals surface area contributed by atoms with Gasteiger partial charge in [0.1, 0.15) is 12.4 Å². The molecule has 0 spiro atoms. The van der Waals surface area contributed by atoms with Gasteiger partial charge in [0, 0.05) is 0 Å². The second-order valence-corrected chi connectivity index (χ2v) is 3.06. The lowest BCUT2D eigenvalue weighted by molar-refractivity contribution is 0.350. The third kappa shape index (κ3) is 2.22. The minimum atomic E-state index is 0.705. The van der Waals surface area contributed by atoms with E-state index in [-0.39, 0.29) is 0 Å². The Balaban J connectivity index is 1.87. The summed E-state index contributed by atoms with van der Waals surface area (Å²) < 4.78 is 5.58. The lowest BCUT2D eigenvalue weighted by atomic mass is 10.2. The van der Waals surface area contributed by atoms with Gasteiger partial charge < -0.3 is 4.74 Å². The van der Waals surface area contributed by atoms with Crippen LogP contribution in [0.4, 0.5) is 0 Å². The normalized spacial score (nSPS) is 14.3. The first kappa shape index (κ1) is 8.11. The Kier molecular flexibility index (Phi) is 2.46. The Morgan fingerprint density at radius 2 is 2.00 bits per heavy atom. The van der Waals surface area contributed by atoms with Crippen LogP contribution in [-0.2, 0) is 0 Å². The minimum Gasteiger partial charge on any atom is -0.489 e. The van der Waals surface area contributed by atoms with E-state index in [1.54, 1.807) is 0 Å². The van der Waals surface area contributed by atoms with Crippen LogP contribution in [0.1, 0.15) is 6.42 Å². The summed E-state index contributed by atoms with van der Waals surface area (Å²) >= 11 is 0. The zero-order valence-corrected chi connectivity index (χ0v) is 7.44. The molecular formula is C12H12O. The topological polar surface area (TPSA) is 9.23 Å². The van der Waals surface area contributed by atoms with Gasteiger partial charge in [-0.05, 0) is 24.1 Å². The van der Waals surface area contributed by atoms with Crippen LogP contribution in [0, 0.1) is 0 Å². The molecule has 0 atom stereocenters. The lowest BCUT2D eigenvalue weighted by Gasteiger charge is -2.05. The standard InChI is InChI=1S/C12H12O/c1-2-8-12(9-3-1)13-10-11-6-4-5-7-11/h1-6,8-9H,7,10H2. The number of ether oxygens (including phenoxy) is 1. The van der Waals surface area contributed by atoms with Crippen LogP contribution in [0.15, 0.2) is 54.1 Å². The summed E-state index contributed by atoms with van der Waals surface area (Å²) in [7, 11) is 0. The van der Waals surface area contributed by atoms with Crippen LogP contribution in [-0.4, -0.2) is 6.61 Å². The summed E-state index contributed by atoms with van der Waals surface area (Å²) in [4.78, 5) is 0. The van der Waals surface area contributed by atoms with Crippen molar-refractivity contribution < 1.29 is 4.74 Å². The van der Waals surface area contributed by atoms with E-state index in [1.165, 1.54) is 5.57 Å². The van der Waals surface area contributed by atoms with E-state index in [1.807, 2.05) is 30.3 Å². The highest BCUT2D eigenvalue weighted by atomic mass is 16.5. The van der Waals surface area contributed by atoms with E-state index in [0.29, 0.717) is 6.61 Å². The van der Waals surface area contributed by atoms with Crippen molar-refractivity contribution in [2.75, 3.05) is 6.61 Å². The first-order valence-electron chi connectivity index (χ1n) is 4.47. The summed E-state index contributed by atoms with van der Waals surface area (Å²) in [5, 5.41) is 0. The van der Waals surface area contributed by atoms with Gasteiger partial charge in [0.15, 0.2) is 0 Å². The van der Waals surface area contributed by atoms with Gasteiger partial charge in [0.05, 0.1) is 0 Å². The molecule has 13 heavy (non-hydrogen) atoms. The number of rotatable bonds is 3. The van der Waals surface area contributed by atoms with Crippen molar-refractivity contribution in [2.24, 2.45) is 0 Å². The first-order valence-corrected chi connectivity index (χ1v) is 4.47. The Labute approximate surface area is 78.3 Å². The molecule has 0 fully saturated rings. The number of para-hydroxylation sites is 1. The third-order valence-corrected chi connectivity index (χ3v) is 2.02. The summed E-state index contributed by atoms with van der Waals surface area (Å²) in [5.74, 6) is 0.940. The molecule has 0 heterocycles. The predicted molar refractivity (Wildman–Crippen MR) is 53.8 cm³/mol. The molecule has 0 amide bonds. The van der Waals surface area contributed by atoms with Gasteiger partial charge in [-0.3, -0.25) is 0 Å². The van der Waals surface area contributed by atoms with Crippen LogP contribution < -0.4 is 4.74 Å². The summed E-state index contributed by atoms with van der Waals surface area (Å²) in [6, 6.07) is 9.91. The average Bonchev–Trinajstić information content (AvgIpc) is 2.69. The van der Waals surface area contributed by atoms with Crippen molar-refractivity contribution >= 4 is 0 Å². The second kappa shape index (κ2) is 3.94. The molecule has 0 aromatic heterocycles. The van der Waals surface area contributed by atoms with Gasteiger partial charge in [-0.1, -0.05) is 36.4 Å². The van der Waals surface area contributed by atoms with E-state index < -0.39 is 0 Å². The number of hydrogen-bond donors (Lipinski definition) is 0. The monoisotopic (exact) mass is 172 g/mol. The highest BCUT2D eigenvalue weighted by molar-refractivity contribution is 5.26. The van der Waals surface area contributed by atoms with Crippen molar-refractivity contribution in [1.29, 1.82) is 0 Å². The van der Waals surface area contributed by atoms with Gasteiger partial charge in [0.25, 0.3) is 0 Å². The molecule has 1 aromatic rings. The van der Waals surface area contributed by atoms with Crippen LogP contribution in [0.25, 0.3) is 0 Å². The third-order valence-electron chi connectivity index (χ3n) is 2.02. The van der Waals surface area contributed by atoms with Crippen molar-refractivity contribution in [3.63, 3.8) is 0 Å². The fourth-order valence-electron chi connectivity index (χ4n) is 1.29.